The van der Waals surface area contributed by atoms with E-state index in [1.807, 2.05) is 0 Å². The highest BCUT2D eigenvalue weighted by Crippen LogP contribution is 2.36. The lowest BCUT2D eigenvalue weighted by atomic mass is 9.74. The second-order valence-corrected chi connectivity index (χ2v) is 8.19. The molecule has 0 bridgehead atoms. The molecule has 8 heteroatoms. The summed E-state index contributed by atoms with van der Waals surface area (Å²) in [7, 11) is -4.30. The van der Waals surface area contributed by atoms with Crippen molar-refractivity contribution >= 4 is 10.4 Å². The lowest BCUT2D eigenvalue weighted by Crippen LogP contribution is -2.25. The summed E-state index contributed by atoms with van der Waals surface area (Å²) >= 11 is 0. The Morgan fingerprint density at radius 3 is 1.38 bits per heavy atom. The Hall–Kier alpha value is -0.250. The van der Waals surface area contributed by atoms with Crippen molar-refractivity contribution < 1.29 is 32.5 Å². The Morgan fingerprint density at radius 1 is 0.615 bits per heavy atom. The molecule has 7 nitrogen and oxygen atoms in total. The molecule has 0 amide bonds. The maximum absolute atomic E-state index is 10.4. The summed E-state index contributed by atoms with van der Waals surface area (Å²) in [6, 6.07) is 0. The number of rotatable bonds is 19. The average Bonchev–Trinajstić information content (AvgIpc) is 2.55. The molecule has 0 atom stereocenters. The van der Waals surface area contributed by atoms with Crippen LogP contribution in [-0.2, 0) is 14.6 Å². The molecule has 0 aromatic rings. The lowest BCUT2D eigenvalue weighted by molar-refractivity contribution is 0.0885. The molecule has 0 saturated heterocycles. The monoisotopic (exact) mass is 398 g/mol. The lowest BCUT2D eigenvalue weighted by Gasteiger charge is -2.32. The maximum atomic E-state index is 10.4. The molecule has 0 saturated carbocycles. The van der Waals surface area contributed by atoms with Crippen LogP contribution in [0, 0.1) is 5.41 Å². The molecule has 0 aliphatic rings. The van der Waals surface area contributed by atoms with E-state index >= 15 is 0 Å². The highest BCUT2D eigenvalue weighted by molar-refractivity contribution is 7.80. The van der Waals surface area contributed by atoms with Gasteiger partial charge in [-0.05, 0) is 37.5 Å². The number of unbranched alkanes of at least 4 members (excludes halogenated alkanes) is 8. The van der Waals surface area contributed by atoms with Crippen LogP contribution in [0.15, 0.2) is 0 Å². The minimum absolute atomic E-state index is 0.0378. The fourth-order valence-corrected chi connectivity index (χ4v) is 3.79. The largest absolute Gasteiger partial charge is 0.397 e. The van der Waals surface area contributed by atoms with Crippen LogP contribution >= 0.6 is 0 Å². The molecular formula is C18H38O7S. The number of hydrogen-bond acceptors (Lipinski definition) is 6. The smallest absolute Gasteiger partial charge is 0.396 e. The van der Waals surface area contributed by atoms with Gasteiger partial charge in [0.1, 0.15) is 0 Å². The van der Waals surface area contributed by atoms with Gasteiger partial charge in [0, 0.05) is 19.8 Å². The molecule has 0 fully saturated rings. The number of aliphatic hydroxyl groups excluding tert-OH is 3. The average molecular weight is 399 g/mol. The zero-order valence-electron chi connectivity index (χ0n) is 15.9. The Morgan fingerprint density at radius 2 is 1.00 bits per heavy atom. The number of hydrogen-bond donors (Lipinski definition) is 4. The third-order valence-corrected chi connectivity index (χ3v) is 5.47. The number of aliphatic hydroxyl groups is 3. The first-order chi connectivity index (χ1) is 12.4. The predicted molar refractivity (Wildman–Crippen MR) is 101 cm³/mol. The fraction of sp³-hybridized carbons (Fsp3) is 1.00. The molecule has 0 aromatic heterocycles. The van der Waals surface area contributed by atoms with Gasteiger partial charge in [-0.15, -0.1) is 0 Å². The van der Waals surface area contributed by atoms with Crippen LogP contribution in [0.5, 0.6) is 0 Å². The molecular weight excluding hydrogens is 360 g/mol. The third kappa shape index (κ3) is 14.9. The van der Waals surface area contributed by atoms with E-state index in [1.165, 1.54) is 0 Å². The van der Waals surface area contributed by atoms with E-state index in [9.17, 15) is 23.7 Å². The maximum Gasteiger partial charge on any atom is 0.397 e. The van der Waals surface area contributed by atoms with Crippen molar-refractivity contribution in [2.24, 2.45) is 5.41 Å². The summed E-state index contributed by atoms with van der Waals surface area (Å²) in [5.41, 5.74) is -0.137. The molecule has 0 unspecified atom stereocenters. The second-order valence-electron chi connectivity index (χ2n) is 7.10. The molecule has 0 aliphatic carbocycles. The van der Waals surface area contributed by atoms with E-state index in [1.54, 1.807) is 0 Å². The molecule has 4 N–H and O–H groups in total. The zero-order chi connectivity index (χ0) is 19.7. The molecule has 0 spiro atoms. The Balaban J connectivity index is 3.64. The van der Waals surface area contributed by atoms with Gasteiger partial charge >= 0.3 is 10.4 Å². The van der Waals surface area contributed by atoms with Crippen LogP contribution in [0.1, 0.15) is 83.5 Å². The van der Waals surface area contributed by atoms with Gasteiger partial charge in [-0.1, -0.05) is 51.4 Å². The van der Waals surface area contributed by atoms with Crippen molar-refractivity contribution in [3.05, 3.63) is 0 Å². The van der Waals surface area contributed by atoms with Gasteiger partial charge in [0.15, 0.2) is 0 Å². The second kappa shape index (κ2) is 15.8. The fourth-order valence-electron chi connectivity index (χ4n) is 3.47. The summed E-state index contributed by atoms with van der Waals surface area (Å²) in [5.74, 6) is 0. The van der Waals surface area contributed by atoms with E-state index in [-0.39, 0.29) is 31.8 Å². The van der Waals surface area contributed by atoms with Crippen molar-refractivity contribution in [1.29, 1.82) is 0 Å². The van der Waals surface area contributed by atoms with Crippen LogP contribution < -0.4 is 0 Å². The van der Waals surface area contributed by atoms with Gasteiger partial charge in [0.25, 0.3) is 0 Å². The van der Waals surface area contributed by atoms with Crippen molar-refractivity contribution in [3.8, 4) is 0 Å². The van der Waals surface area contributed by atoms with Gasteiger partial charge in [-0.2, -0.15) is 8.42 Å². The molecule has 26 heavy (non-hydrogen) atoms. The van der Waals surface area contributed by atoms with Crippen molar-refractivity contribution in [2.75, 3.05) is 26.4 Å². The minimum atomic E-state index is -4.30. The van der Waals surface area contributed by atoms with Crippen LogP contribution in [0.3, 0.4) is 0 Å². The highest BCUT2D eigenvalue weighted by atomic mass is 32.3. The van der Waals surface area contributed by atoms with Gasteiger partial charge in [0.05, 0.1) is 6.61 Å². The standard InChI is InChI=1S/C18H38O7S/c19-14-11-18(12-15-20,13-16-21)10-8-6-4-2-1-3-5-7-9-17-25-26(22,23)24/h19-21H,1-17H2,(H,22,23,24). The normalized spacial score (nSPS) is 12.6. The van der Waals surface area contributed by atoms with Crippen LogP contribution in [-0.4, -0.2) is 54.7 Å². The van der Waals surface area contributed by atoms with Crippen LogP contribution in [0.25, 0.3) is 0 Å². The Bertz CT molecular complexity index is 395. The summed E-state index contributed by atoms with van der Waals surface area (Å²) < 4.78 is 33.4. The van der Waals surface area contributed by atoms with Gasteiger partial charge in [-0.25, -0.2) is 4.18 Å². The van der Waals surface area contributed by atoms with E-state index in [2.05, 4.69) is 4.18 Å². The summed E-state index contributed by atoms with van der Waals surface area (Å²) in [6.07, 6.45) is 12.1. The van der Waals surface area contributed by atoms with Gasteiger partial charge in [0.2, 0.25) is 0 Å². The molecule has 0 aliphatic heterocycles. The Kier molecular flexibility index (Phi) is 15.6. The van der Waals surface area contributed by atoms with Crippen LogP contribution in [0.2, 0.25) is 0 Å². The topological polar surface area (TPSA) is 124 Å². The van der Waals surface area contributed by atoms with E-state index in [0.717, 1.165) is 57.8 Å². The summed E-state index contributed by atoms with van der Waals surface area (Å²) in [4.78, 5) is 0. The molecule has 0 radical (unpaired) electrons. The summed E-state index contributed by atoms with van der Waals surface area (Å²) in [6.45, 7) is 0.315. The first kappa shape index (κ1) is 25.8. The third-order valence-electron chi connectivity index (χ3n) is 5.01. The zero-order valence-corrected chi connectivity index (χ0v) is 16.8. The predicted octanol–water partition coefficient (Wildman–Crippen LogP) is 2.84. The van der Waals surface area contributed by atoms with E-state index in [0.29, 0.717) is 25.7 Å². The molecule has 158 valence electrons. The van der Waals surface area contributed by atoms with E-state index < -0.39 is 10.4 Å². The quantitative estimate of drug-likeness (QED) is 0.195. The SMILES string of the molecule is O=S(=O)(O)OCCCCCCCCCCCC(CCO)(CCO)CCO. The first-order valence-electron chi connectivity index (χ1n) is 9.83. The van der Waals surface area contributed by atoms with Crippen molar-refractivity contribution in [1.82, 2.24) is 0 Å². The van der Waals surface area contributed by atoms with Gasteiger partial charge in [-0.3, -0.25) is 4.55 Å². The molecule has 0 rings (SSSR count). The summed E-state index contributed by atoms with van der Waals surface area (Å²) in [5, 5.41) is 27.8. The highest BCUT2D eigenvalue weighted by Gasteiger charge is 2.27. The minimum Gasteiger partial charge on any atom is -0.396 e. The van der Waals surface area contributed by atoms with Crippen molar-refractivity contribution in [2.45, 2.75) is 83.5 Å². The van der Waals surface area contributed by atoms with Crippen LogP contribution in [0.4, 0.5) is 0 Å². The Labute approximate surface area is 158 Å². The van der Waals surface area contributed by atoms with Gasteiger partial charge < -0.3 is 15.3 Å². The first-order valence-corrected chi connectivity index (χ1v) is 11.2. The van der Waals surface area contributed by atoms with E-state index in [4.69, 9.17) is 4.55 Å². The molecule has 0 heterocycles. The van der Waals surface area contributed by atoms with Crippen molar-refractivity contribution in [3.63, 3.8) is 0 Å². The molecule has 0 aromatic carbocycles.